The normalized spacial score (nSPS) is 10.2. The summed E-state index contributed by atoms with van der Waals surface area (Å²) < 4.78 is 1.64. The third-order valence-electron chi connectivity index (χ3n) is 1.68. The molecule has 13 heavy (non-hydrogen) atoms. The molecule has 2 aromatic heterocycles. The first-order valence-electron chi connectivity index (χ1n) is 3.79. The average molecular weight is 175 g/mol. The molecule has 5 nitrogen and oxygen atoms in total. The Balaban J connectivity index is 2.53. The minimum absolute atomic E-state index is 0.378. The van der Waals surface area contributed by atoms with Gasteiger partial charge in [-0.15, -0.1) is 0 Å². The highest BCUT2D eigenvalue weighted by molar-refractivity contribution is 5.55. The average Bonchev–Trinajstić information content (AvgIpc) is 2.56. The Morgan fingerprint density at radius 1 is 1.23 bits per heavy atom. The van der Waals surface area contributed by atoms with Crippen LogP contribution in [0.15, 0.2) is 30.6 Å². The van der Waals surface area contributed by atoms with E-state index < -0.39 is 0 Å². The van der Waals surface area contributed by atoms with Gasteiger partial charge in [0, 0.05) is 12.4 Å². The molecule has 0 radical (unpaired) electrons. The van der Waals surface area contributed by atoms with Crippen LogP contribution in [0.1, 0.15) is 0 Å². The van der Waals surface area contributed by atoms with Gasteiger partial charge in [-0.2, -0.15) is 5.10 Å². The fraction of sp³-hybridized carbons (Fsp3) is 0. The topological polar surface area (TPSA) is 82.8 Å². The van der Waals surface area contributed by atoms with Gasteiger partial charge in [0.1, 0.15) is 11.5 Å². The highest BCUT2D eigenvalue weighted by atomic mass is 15.3. The smallest absolute Gasteiger partial charge is 0.151 e. The largest absolute Gasteiger partial charge is 0.384 e. The van der Waals surface area contributed by atoms with Gasteiger partial charge < -0.3 is 11.5 Å². The second kappa shape index (κ2) is 2.78. The van der Waals surface area contributed by atoms with Crippen molar-refractivity contribution in [3.8, 4) is 5.69 Å². The maximum Gasteiger partial charge on any atom is 0.151 e. The van der Waals surface area contributed by atoms with E-state index in [1.54, 1.807) is 29.2 Å². The first-order chi connectivity index (χ1) is 6.27. The lowest BCUT2D eigenvalue weighted by Gasteiger charge is -2.04. The minimum Gasteiger partial charge on any atom is -0.384 e. The Morgan fingerprint density at radius 3 is 2.69 bits per heavy atom. The summed E-state index contributed by atoms with van der Waals surface area (Å²) in [7, 11) is 0. The van der Waals surface area contributed by atoms with Crippen LogP contribution in [0.3, 0.4) is 0 Å². The lowest BCUT2D eigenvalue weighted by Crippen LogP contribution is -2.03. The van der Waals surface area contributed by atoms with Gasteiger partial charge in [-0.25, -0.2) is 9.67 Å². The van der Waals surface area contributed by atoms with Crippen molar-refractivity contribution in [3.05, 3.63) is 30.6 Å². The molecule has 0 saturated heterocycles. The van der Waals surface area contributed by atoms with Crippen molar-refractivity contribution in [1.29, 1.82) is 0 Å². The molecular weight excluding hydrogens is 166 g/mol. The van der Waals surface area contributed by atoms with E-state index in [1.165, 1.54) is 0 Å². The van der Waals surface area contributed by atoms with E-state index in [0.717, 1.165) is 5.69 Å². The first kappa shape index (κ1) is 7.60. The number of nitrogens with zero attached hydrogens (tertiary/aromatic N) is 3. The summed E-state index contributed by atoms with van der Waals surface area (Å²) in [6.07, 6.45) is 3.47. The summed E-state index contributed by atoms with van der Waals surface area (Å²) in [5, 5.41) is 4.03. The second-order valence-corrected chi connectivity index (χ2v) is 2.59. The molecule has 66 valence electrons. The van der Waals surface area contributed by atoms with Crippen LogP contribution in [-0.4, -0.2) is 14.8 Å². The van der Waals surface area contributed by atoms with E-state index in [-0.39, 0.29) is 0 Å². The van der Waals surface area contributed by atoms with Crippen LogP contribution in [0.25, 0.3) is 5.69 Å². The van der Waals surface area contributed by atoms with Gasteiger partial charge in [0.15, 0.2) is 5.82 Å². The van der Waals surface area contributed by atoms with Gasteiger partial charge in [0.2, 0.25) is 0 Å². The van der Waals surface area contributed by atoms with E-state index in [1.807, 2.05) is 6.07 Å². The van der Waals surface area contributed by atoms with E-state index in [0.29, 0.717) is 11.6 Å². The Morgan fingerprint density at radius 2 is 2.08 bits per heavy atom. The molecule has 0 saturated carbocycles. The number of nitrogens with two attached hydrogens (primary N) is 2. The molecule has 2 rings (SSSR count). The molecule has 0 unspecified atom stereocenters. The zero-order valence-electron chi connectivity index (χ0n) is 6.88. The number of rotatable bonds is 1. The molecule has 0 bridgehead atoms. The van der Waals surface area contributed by atoms with E-state index >= 15 is 0 Å². The Bertz CT molecular complexity index is 406. The lowest BCUT2D eigenvalue weighted by molar-refractivity contribution is 0.878. The van der Waals surface area contributed by atoms with Crippen LogP contribution in [0.2, 0.25) is 0 Å². The third kappa shape index (κ3) is 1.31. The third-order valence-corrected chi connectivity index (χ3v) is 1.68. The fourth-order valence-corrected chi connectivity index (χ4v) is 1.09. The van der Waals surface area contributed by atoms with Crippen molar-refractivity contribution in [1.82, 2.24) is 14.8 Å². The van der Waals surface area contributed by atoms with Gasteiger partial charge in [0.05, 0.1) is 0 Å². The molecule has 0 spiro atoms. The highest BCUT2D eigenvalue weighted by Crippen LogP contribution is 2.14. The number of pyridine rings is 1. The van der Waals surface area contributed by atoms with Crippen LogP contribution >= 0.6 is 0 Å². The van der Waals surface area contributed by atoms with Crippen LogP contribution < -0.4 is 11.5 Å². The first-order valence-corrected chi connectivity index (χ1v) is 3.79. The van der Waals surface area contributed by atoms with E-state index in [2.05, 4.69) is 10.1 Å². The van der Waals surface area contributed by atoms with Crippen LogP contribution in [0, 0.1) is 0 Å². The Hall–Kier alpha value is -2.04. The molecule has 2 aromatic rings. The van der Waals surface area contributed by atoms with Gasteiger partial charge in [-0.05, 0) is 18.2 Å². The van der Waals surface area contributed by atoms with E-state index in [9.17, 15) is 0 Å². The molecule has 4 N–H and O–H groups in total. The fourth-order valence-electron chi connectivity index (χ4n) is 1.09. The zero-order valence-corrected chi connectivity index (χ0v) is 6.88. The lowest BCUT2D eigenvalue weighted by atomic mass is 10.4. The van der Waals surface area contributed by atoms with Gasteiger partial charge in [-0.3, -0.25) is 0 Å². The van der Waals surface area contributed by atoms with Crippen LogP contribution in [0.4, 0.5) is 11.6 Å². The van der Waals surface area contributed by atoms with Crippen molar-refractivity contribution >= 4 is 11.6 Å². The number of hydrogen-bond donors (Lipinski definition) is 2. The molecule has 0 fully saturated rings. The Kier molecular flexibility index (Phi) is 1.63. The zero-order chi connectivity index (χ0) is 9.26. The highest BCUT2D eigenvalue weighted by Gasteiger charge is 2.02. The molecule has 0 aromatic carbocycles. The molecule has 0 aliphatic heterocycles. The molecule has 0 atom stereocenters. The SMILES string of the molecule is Nc1ccc(-n2cccn2)c(N)n1. The molecule has 0 amide bonds. The molecule has 0 aliphatic carbocycles. The maximum atomic E-state index is 5.66. The Labute approximate surface area is 75.0 Å². The second-order valence-electron chi connectivity index (χ2n) is 2.59. The van der Waals surface area contributed by atoms with Gasteiger partial charge >= 0.3 is 0 Å². The van der Waals surface area contributed by atoms with E-state index in [4.69, 9.17) is 11.5 Å². The summed E-state index contributed by atoms with van der Waals surface area (Å²) in [5.74, 6) is 0.789. The van der Waals surface area contributed by atoms with Crippen molar-refractivity contribution in [2.45, 2.75) is 0 Å². The predicted octanol–water partition coefficient (Wildman–Crippen LogP) is 0.432. The minimum atomic E-state index is 0.378. The summed E-state index contributed by atoms with van der Waals surface area (Å²) in [6, 6.07) is 5.29. The summed E-state index contributed by atoms with van der Waals surface area (Å²) in [6.45, 7) is 0. The van der Waals surface area contributed by atoms with Crippen molar-refractivity contribution in [2.24, 2.45) is 0 Å². The summed E-state index contributed by atoms with van der Waals surface area (Å²) >= 11 is 0. The van der Waals surface area contributed by atoms with Crippen LogP contribution in [-0.2, 0) is 0 Å². The number of anilines is 2. The number of hydrogen-bond acceptors (Lipinski definition) is 4. The van der Waals surface area contributed by atoms with Crippen molar-refractivity contribution in [2.75, 3.05) is 11.5 Å². The molecular formula is C8H9N5. The number of aromatic nitrogens is 3. The molecule has 5 heteroatoms. The monoisotopic (exact) mass is 175 g/mol. The summed E-state index contributed by atoms with van der Waals surface area (Å²) in [4.78, 5) is 3.92. The van der Waals surface area contributed by atoms with Crippen LogP contribution in [0.5, 0.6) is 0 Å². The van der Waals surface area contributed by atoms with Gasteiger partial charge in [-0.1, -0.05) is 0 Å². The van der Waals surface area contributed by atoms with Crippen molar-refractivity contribution in [3.63, 3.8) is 0 Å². The maximum absolute atomic E-state index is 5.66. The van der Waals surface area contributed by atoms with Crippen molar-refractivity contribution < 1.29 is 0 Å². The molecule has 2 heterocycles. The van der Waals surface area contributed by atoms with Gasteiger partial charge in [0.25, 0.3) is 0 Å². The number of nitrogen functional groups attached to an aromatic ring is 2. The quantitative estimate of drug-likeness (QED) is 0.658. The standard InChI is InChI=1S/C8H9N5/c9-7-3-2-6(8(10)12-7)13-5-1-4-11-13/h1-5H,(H4,9,10,12). The summed E-state index contributed by atoms with van der Waals surface area (Å²) in [5.41, 5.74) is 11.9. The predicted molar refractivity (Wildman–Crippen MR) is 50.2 cm³/mol. The molecule has 0 aliphatic rings.